The van der Waals surface area contributed by atoms with Gasteiger partial charge in [-0.3, -0.25) is 9.69 Å². The van der Waals surface area contributed by atoms with Crippen LogP contribution < -0.4 is 5.56 Å². The van der Waals surface area contributed by atoms with Gasteiger partial charge in [0.15, 0.2) is 0 Å². The zero-order valence-corrected chi connectivity index (χ0v) is 17.0. The van der Waals surface area contributed by atoms with Crippen molar-refractivity contribution in [1.82, 2.24) is 14.9 Å². The zero-order chi connectivity index (χ0) is 18.7. The molecule has 0 amide bonds. The second-order valence-electron chi connectivity index (χ2n) is 7.88. The summed E-state index contributed by atoms with van der Waals surface area (Å²) in [6.07, 6.45) is 5.92. The number of aliphatic hydroxyl groups is 1. The fraction of sp³-hybridized carbons (Fsp3) is 0.700. The Balaban J connectivity index is 1.84. The average Bonchev–Trinajstić information content (AvgIpc) is 2.98. The minimum absolute atomic E-state index is 0.00393. The topological polar surface area (TPSA) is 69.2 Å². The summed E-state index contributed by atoms with van der Waals surface area (Å²) < 4.78 is 0. The number of nitrogens with one attached hydrogen (secondary N) is 1. The summed E-state index contributed by atoms with van der Waals surface area (Å²) in [4.78, 5) is 24.9. The van der Waals surface area contributed by atoms with Crippen LogP contribution in [0.2, 0.25) is 0 Å². The highest BCUT2D eigenvalue weighted by molar-refractivity contribution is 7.18. The Morgan fingerprint density at radius 2 is 2.08 bits per heavy atom. The molecule has 0 fully saturated rings. The number of aromatic nitrogens is 2. The molecule has 2 N–H and O–H groups in total. The molecular formula is C20H31N3O2S. The predicted molar refractivity (Wildman–Crippen MR) is 108 cm³/mol. The van der Waals surface area contributed by atoms with E-state index in [2.05, 4.69) is 23.7 Å². The lowest BCUT2D eigenvalue weighted by atomic mass is 9.97. The highest BCUT2D eigenvalue weighted by Crippen LogP contribution is 2.33. The van der Waals surface area contributed by atoms with Crippen molar-refractivity contribution in [3.8, 4) is 0 Å². The van der Waals surface area contributed by atoms with Crippen LogP contribution in [0.3, 0.4) is 0 Å². The van der Waals surface area contributed by atoms with E-state index >= 15 is 0 Å². The molecule has 0 bridgehead atoms. The Hall–Kier alpha value is -1.24. The number of H-pyrrole nitrogens is 1. The van der Waals surface area contributed by atoms with Crippen LogP contribution >= 0.6 is 11.3 Å². The first kappa shape index (κ1) is 19.5. The molecule has 1 atom stereocenters. The smallest absolute Gasteiger partial charge is 0.259 e. The van der Waals surface area contributed by atoms with Gasteiger partial charge in [-0.2, -0.15) is 0 Å². The van der Waals surface area contributed by atoms with Gasteiger partial charge in [-0.05, 0) is 56.6 Å². The first-order valence-corrected chi connectivity index (χ1v) is 10.7. The summed E-state index contributed by atoms with van der Waals surface area (Å²) in [5.74, 6) is 1.32. The zero-order valence-electron chi connectivity index (χ0n) is 16.2. The molecule has 2 aromatic rings. The number of fused-ring (bicyclic) bond motifs is 3. The van der Waals surface area contributed by atoms with Crippen molar-refractivity contribution in [2.24, 2.45) is 5.92 Å². The molecule has 2 heterocycles. The van der Waals surface area contributed by atoms with Crippen LogP contribution in [0.25, 0.3) is 10.2 Å². The molecule has 1 aliphatic rings. The SMILES string of the molecule is CCC(O)CN(CCC(C)C)Cc1nc2sc3c(c2c(=O)[nH]1)CCCC3. The lowest BCUT2D eigenvalue weighted by Crippen LogP contribution is -2.34. The van der Waals surface area contributed by atoms with Gasteiger partial charge in [0, 0.05) is 11.4 Å². The maximum atomic E-state index is 12.7. The van der Waals surface area contributed by atoms with E-state index in [1.54, 1.807) is 11.3 Å². The van der Waals surface area contributed by atoms with E-state index in [0.29, 0.717) is 24.8 Å². The number of nitrogens with zero attached hydrogens (tertiary/aromatic N) is 2. The molecule has 2 aromatic heterocycles. The van der Waals surface area contributed by atoms with Crippen LogP contribution in [0.5, 0.6) is 0 Å². The van der Waals surface area contributed by atoms with Gasteiger partial charge in [-0.15, -0.1) is 11.3 Å². The average molecular weight is 378 g/mol. The number of aliphatic hydroxyl groups excluding tert-OH is 1. The molecular weight excluding hydrogens is 346 g/mol. The van der Waals surface area contributed by atoms with Crippen LogP contribution in [0.1, 0.15) is 62.7 Å². The van der Waals surface area contributed by atoms with E-state index in [9.17, 15) is 9.90 Å². The van der Waals surface area contributed by atoms with Crippen LogP contribution in [0, 0.1) is 5.92 Å². The summed E-state index contributed by atoms with van der Waals surface area (Å²) in [7, 11) is 0. The summed E-state index contributed by atoms with van der Waals surface area (Å²) in [6, 6.07) is 0. The molecule has 3 rings (SSSR count). The fourth-order valence-electron chi connectivity index (χ4n) is 3.60. The normalized spacial score (nSPS) is 15.8. The highest BCUT2D eigenvalue weighted by Gasteiger charge is 2.20. The fourth-order valence-corrected chi connectivity index (χ4v) is 4.88. The number of hydrogen-bond donors (Lipinski definition) is 2. The van der Waals surface area contributed by atoms with Gasteiger partial charge in [-0.1, -0.05) is 20.8 Å². The molecule has 0 saturated heterocycles. The van der Waals surface area contributed by atoms with Crippen molar-refractivity contribution in [2.45, 2.75) is 71.9 Å². The van der Waals surface area contributed by atoms with Crippen molar-refractivity contribution in [3.63, 3.8) is 0 Å². The number of aromatic amines is 1. The minimum atomic E-state index is -0.341. The van der Waals surface area contributed by atoms with Gasteiger partial charge in [0.2, 0.25) is 0 Å². The monoisotopic (exact) mass is 377 g/mol. The number of hydrogen-bond acceptors (Lipinski definition) is 5. The van der Waals surface area contributed by atoms with Crippen LogP contribution in [-0.2, 0) is 19.4 Å². The van der Waals surface area contributed by atoms with E-state index < -0.39 is 0 Å². The van der Waals surface area contributed by atoms with E-state index in [4.69, 9.17) is 4.98 Å². The molecule has 0 radical (unpaired) electrons. The third-order valence-corrected chi connectivity index (χ3v) is 6.40. The Labute approximate surface area is 159 Å². The third kappa shape index (κ3) is 4.53. The Bertz CT molecular complexity index is 796. The molecule has 1 unspecified atom stereocenters. The quantitative estimate of drug-likeness (QED) is 0.739. The maximum Gasteiger partial charge on any atom is 0.259 e. The molecule has 6 heteroatoms. The summed E-state index contributed by atoms with van der Waals surface area (Å²) >= 11 is 1.69. The second kappa shape index (κ2) is 8.63. The van der Waals surface area contributed by atoms with E-state index in [1.807, 2.05) is 6.92 Å². The van der Waals surface area contributed by atoms with Crippen molar-refractivity contribution < 1.29 is 5.11 Å². The van der Waals surface area contributed by atoms with Gasteiger partial charge in [0.25, 0.3) is 5.56 Å². The lowest BCUT2D eigenvalue weighted by Gasteiger charge is -2.25. The van der Waals surface area contributed by atoms with E-state index in [0.717, 1.165) is 48.9 Å². The summed E-state index contributed by atoms with van der Waals surface area (Å²) in [6.45, 7) is 8.50. The second-order valence-corrected chi connectivity index (χ2v) is 8.97. The van der Waals surface area contributed by atoms with Crippen molar-refractivity contribution in [2.75, 3.05) is 13.1 Å². The van der Waals surface area contributed by atoms with Crippen molar-refractivity contribution in [3.05, 3.63) is 26.6 Å². The Morgan fingerprint density at radius 3 is 2.81 bits per heavy atom. The van der Waals surface area contributed by atoms with Gasteiger partial charge < -0.3 is 10.1 Å². The van der Waals surface area contributed by atoms with E-state index in [1.165, 1.54) is 16.9 Å². The highest BCUT2D eigenvalue weighted by atomic mass is 32.1. The molecule has 26 heavy (non-hydrogen) atoms. The lowest BCUT2D eigenvalue weighted by molar-refractivity contribution is 0.101. The summed E-state index contributed by atoms with van der Waals surface area (Å²) in [5, 5.41) is 10.9. The standard InChI is InChI=1S/C20H31N3O2S/c1-4-14(24)11-23(10-9-13(2)3)12-17-21-19(25)18-15-7-5-6-8-16(15)26-20(18)22-17/h13-14,24H,4-12H2,1-3H3,(H,21,22,25). The van der Waals surface area contributed by atoms with E-state index in [-0.39, 0.29) is 11.7 Å². The molecule has 144 valence electrons. The Morgan fingerprint density at radius 1 is 1.31 bits per heavy atom. The van der Waals surface area contributed by atoms with Crippen LogP contribution in [0.4, 0.5) is 0 Å². The van der Waals surface area contributed by atoms with Gasteiger partial charge in [0.05, 0.1) is 18.0 Å². The number of rotatable bonds is 8. The van der Waals surface area contributed by atoms with Gasteiger partial charge >= 0.3 is 0 Å². The maximum absolute atomic E-state index is 12.7. The van der Waals surface area contributed by atoms with Crippen molar-refractivity contribution >= 4 is 21.6 Å². The largest absolute Gasteiger partial charge is 0.392 e. The Kier molecular flexibility index (Phi) is 6.48. The first-order valence-electron chi connectivity index (χ1n) is 9.91. The summed E-state index contributed by atoms with van der Waals surface area (Å²) in [5.41, 5.74) is 1.24. The van der Waals surface area contributed by atoms with Crippen LogP contribution in [-0.4, -0.2) is 39.2 Å². The molecule has 0 saturated carbocycles. The van der Waals surface area contributed by atoms with Gasteiger partial charge in [0.1, 0.15) is 10.7 Å². The molecule has 5 nitrogen and oxygen atoms in total. The molecule has 1 aliphatic carbocycles. The number of thiophene rings is 1. The van der Waals surface area contributed by atoms with Gasteiger partial charge in [-0.25, -0.2) is 4.98 Å². The third-order valence-electron chi connectivity index (χ3n) is 5.21. The predicted octanol–water partition coefficient (Wildman–Crippen LogP) is 3.48. The first-order chi connectivity index (χ1) is 12.5. The van der Waals surface area contributed by atoms with Crippen LogP contribution in [0.15, 0.2) is 4.79 Å². The number of aryl methyl sites for hydroxylation is 2. The molecule has 0 spiro atoms. The molecule has 0 aromatic carbocycles. The minimum Gasteiger partial charge on any atom is -0.392 e. The molecule has 0 aliphatic heterocycles. The van der Waals surface area contributed by atoms with Crippen molar-refractivity contribution in [1.29, 1.82) is 0 Å².